The van der Waals surface area contributed by atoms with Gasteiger partial charge in [0, 0.05) is 13.1 Å². The number of hydrogen-bond acceptors (Lipinski definition) is 4. The van der Waals surface area contributed by atoms with Crippen LogP contribution >= 0.6 is 11.6 Å². The first-order valence-electron chi connectivity index (χ1n) is 8.79. The number of nitrogens with one attached hydrogen (secondary N) is 1. The van der Waals surface area contributed by atoms with Crippen molar-refractivity contribution in [2.24, 2.45) is 0 Å². The van der Waals surface area contributed by atoms with Crippen LogP contribution in [0.2, 0.25) is 5.02 Å². The largest absolute Gasteiger partial charge is 0.360 e. The lowest BCUT2D eigenvalue weighted by molar-refractivity contribution is 0.0950. The number of carbonyl (C=O) groups excluding carboxylic acids is 1. The smallest absolute Gasteiger partial charge is 0.257 e. The second kappa shape index (κ2) is 8.54. The van der Waals surface area contributed by atoms with E-state index in [-0.39, 0.29) is 21.8 Å². The van der Waals surface area contributed by atoms with E-state index in [1.54, 1.807) is 13.0 Å². The summed E-state index contributed by atoms with van der Waals surface area (Å²) in [5, 5.41) is 6.92. The Balaban J connectivity index is 1.87. The van der Waals surface area contributed by atoms with E-state index in [9.17, 15) is 9.18 Å². The highest BCUT2D eigenvalue weighted by Crippen LogP contribution is 2.33. The molecule has 0 aliphatic heterocycles. The Bertz CT molecular complexity index is 981. The van der Waals surface area contributed by atoms with Gasteiger partial charge in [-0.3, -0.25) is 4.79 Å². The van der Waals surface area contributed by atoms with Crippen molar-refractivity contribution in [3.05, 3.63) is 75.8 Å². The van der Waals surface area contributed by atoms with Crippen molar-refractivity contribution in [2.45, 2.75) is 20.0 Å². The second-order valence-corrected chi connectivity index (χ2v) is 7.16. The molecule has 146 valence electrons. The Morgan fingerprint density at radius 2 is 1.89 bits per heavy atom. The zero-order valence-corrected chi connectivity index (χ0v) is 16.7. The number of aryl methyl sites for hydroxylation is 1. The van der Waals surface area contributed by atoms with Crippen molar-refractivity contribution >= 4 is 17.5 Å². The lowest BCUT2D eigenvalue weighted by Crippen LogP contribution is -2.25. The summed E-state index contributed by atoms with van der Waals surface area (Å²) in [4.78, 5) is 14.9. The van der Waals surface area contributed by atoms with E-state index >= 15 is 0 Å². The number of halogens is 2. The van der Waals surface area contributed by atoms with Crippen LogP contribution in [0.5, 0.6) is 0 Å². The van der Waals surface area contributed by atoms with E-state index in [1.807, 2.05) is 38.4 Å². The average molecular weight is 402 g/mol. The maximum Gasteiger partial charge on any atom is 0.257 e. The van der Waals surface area contributed by atoms with Crippen LogP contribution in [0.1, 0.15) is 27.2 Å². The molecular formula is C21H21ClFN3O2. The van der Waals surface area contributed by atoms with Crippen molar-refractivity contribution in [1.29, 1.82) is 0 Å². The van der Waals surface area contributed by atoms with Crippen LogP contribution in [0.25, 0.3) is 11.3 Å². The summed E-state index contributed by atoms with van der Waals surface area (Å²) in [5.74, 6) is -0.660. The third-order valence-electron chi connectivity index (χ3n) is 4.33. The first-order valence-corrected chi connectivity index (χ1v) is 9.16. The molecule has 3 rings (SSSR count). The van der Waals surface area contributed by atoms with Gasteiger partial charge in [-0.05, 0) is 44.3 Å². The molecule has 0 fully saturated rings. The van der Waals surface area contributed by atoms with Gasteiger partial charge >= 0.3 is 0 Å². The highest BCUT2D eigenvalue weighted by Gasteiger charge is 2.25. The summed E-state index contributed by atoms with van der Waals surface area (Å²) in [7, 11) is 3.97. The van der Waals surface area contributed by atoms with Gasteiger partial charge in [0.2, 0.25) is 0 Å². The molecule has 0 spiro atoms. The lowest BCUT2D eigenvalue weighted by Gasteiger charge is -2.14. The number of nitrogens with zero attached hydrogens (tertiary/aromatic N) is 2. The van der Waals surface area contributed by atoms with E-state index in [0.29, 0.717) is 12.3 Å². The van der Waals surface area contributed by atoms with Crippen LogP contribution in [0, 0.1) is 12.7 Å². The van der Waals surface area contributed by atoms with Gasteiger partial charge in [-0.25, -0.2) is 4.39 Å². The quantitative estimate of drug-likeness (QED) is 0.663. The molecule has 1 amide bonds. The summed E-state index contributed by atoms with van der Waals surface area (Å²) < 4.78 is 19.5. The number of aromatic nitrogens is 1. The molecule has 0 bridgehead atoms. The maximum atomic E-state index is 14.3. The molecule has 0 saturated heterocycles. The van der Waals surface area contributed by atoms with Gasteiger partial charge in [-0.15, -0.1) is 0 Å². The van der Waals surface area contributed by atoms with Crippen LogP contribution in [0.4, 0.5) is 4.39 Å². The third kappa shape index (κ3) is 4.24. The molecule has 1 heterocycles. The van der Waals surface area contributed by atoms with E-state index < -0.39 is 11.7 Å². The van der Waals surface area contributed by atoms with E-state index in [4.69, 9.17) is 16.1 Å². The number of benzene rings is 2. The van der Waals surface area contributed by atoms with Gasteiger partial charge in [-0.2, -0.15) is 0 Å². The monoisotopic (exact) mass is 401 g/mol. The molecule has 1 aromatic heterocycles. The van der Waals surface area contributed by atoms with Crippen LogP contribution < -0.4 is 5.32 Å². The SMILES string of the molecule is Cc1onc(-c2c(F)cccc2Cl)c1C(=O)NCc1ccccc1CN(C)C. The number of amides is 1. The Labute approximate surface area is 168 Å². The predicted molar refractivity (Wildman–Crippen MR) is 107 cm³/mol. The first kappa shape index (κ1) is 20.0. The second-order valence-electron chi connectivity index (χ2n) is 6.75. The molecule has 5 nitrogen and oxygen atoms in total. The van der Waals surface area contributed by atoms with Gasteiger partial charge in [-0.1, -0.05) is 47.1 Å². The van der Waals surface area contributed by atoms with Gasteiger partial charge in [0.15, 0.2) is 0 Å². The summed E-state index contributed by atoms with van der Waals surface area (Å²) in [6.45, 7) is 2.70. The highest BCUT2D eigenvalue weighted by molar-refractivity contribution is 6.33. The molecule has 7 heteroatoms. The third-order valence-corrected chi connectivity index (χ3v) is 4.65. The molecule has 2 aromatic carbocycles. The minimum Gasteiger partial charge on any atom is -0.360 e. The van der Waals surface area contributed by atoms with Gasteiger partial charge in [0.25, 0.3) is 5.91 Å². The zero-order valence-electron chi connectivity index (χ0n) is 15.9. The fourth-order valence-corrected chi connectivity index (χ4v) is 3.28. The van der Waals surface area contributed by atoms with E-state index in [1.165, 1.54) is 12.1 Å². The van der Waals surface area contributed by atoms with Crippen LogP contribution in [-0.2, 0) is 13.1 Å². The van der Waals surface area contributed by atoms with Crippen molar-refractivity contribution in [1.82, 2.24) is 15.4 Å². The Kier molecular flexibility index (Phi) is 6.11. The Hall–Kier alpha value is -2.70. The molecule has 28 heavy (non-hydrogen) atoms. The fourth-order valence-electron chi connectivity index (χ4n) is 3.02. The summed E-state index contributed by atoms with van der Waals surface area (Å²) in [5.41, 5.74) is 2.45. The maximum absolute atomic E-state index is 14.3. The van der Waals surface area contributed by atoms with Gasteiger partial charge in [0.05, 0.1) is 10.6 Å². The highest BCUT2D eigenvalue weighted by atomic mass is 35.5. The molecular weight excluding hydrogens is 381 g/mol. The summed E-state index contributed by atoms with van der Waals surface area (Å²) >= 11 is 6.13. The lowest BCUT2D eigenvalue weighted by atomic mass is 10.0. The van der Waals surface area contributed by atoms with Crippen molar-refractivity contribution in [2.75, 3.05) is 14.1 Å². The minimum absolute atomic E-state index is 0.0548. The number of rotatable bonds is 6. The molecule has 3 aromatic rings. The molecule has 0 radical (unpaired) electrons. The Morgan fingerprint density at radius 3 is 2.57 bits per heavy atom. The standard InChI is InChI=1S/C21H21ClFN3O2/c1-13-18(20(25-28-13)19-16(22)9-6-10-17(19)23)21(27)24-11-14-7-4-5-8-15(14)12-26(2)3/h4-10H,11-12H2,1-3H3,(H,24,27). The average Bonchev–Trinajstić information content (AvgIpc) is 3.01. The van der Waals surface area contributed by atoms with E-state index in [2.05, 4.69) is 15.4 Å². The molecule has 0 aliphatic rings. The van der Waals surface area contributed by atoms with Crippen LogP contribution in [-0.4, -0.2) is 30.1 Å². The number of carbonyl (C=O) groups is 1. The molecule has 0 saturated carbocycles. The minimum atomic E-state index is -0.564. The molecule has 0 unspecified atom stereocenters. The fraction of sp³-hybridized carbons (Fsp3) is 0.238. The van der Waals surface area contributed by atoms with Crippen molar-refractivity contribution in [3.8, 4) is 11.3 Å². The Morgan fingerprint density at radius 1 is 1.18 bits per heavy atom. The van der Waals surface area contributed by atoms with Crippen LogP contribution in [0.15, 0.2) is 47.0 Å². The first-order chi connectivity index (χ1) is 13.4. The molecule has 1 N–H and O–H groups in total. The van der Waals surface area contributed by atoms with Gasteiger partial charge < -0.3 is 14.7 Å². The molecule has 0 atom stereocenters. The van der Waals surface area contributed by atoms with Crippen molar-refractivity contribution in [3.63, 3.8) is 0 Å². The zero-order chi connectivity index (χ0) is 20.3. The summed E-state index contributed by atoms with van der Waals surface area (Å²) in [6, 6.07) is 12.2. The molecule has 0 aliphatic carbocycles. The van der Waals surface area contributed by atoms with E-state index in [0.717, 1.165) is 17.7 Å². The topological polar surface area (TPSA) is 58.4 Å². The number of hydrogen-bond donors (Lipinski definition) is 1. The van der Waals surface area contributed by atoms with Crippen molar-refractivity contribution < 1.29 is 13.7 Å². The normalized spacial score (nSPS) is 11.1. The van der Waals surface area contributed by atoms with Gasteiger partial charge in [0.1, 0.15) is 22.8 Å². The summed E-state index contributed by atoms with van der Waals surface area (Å²) in [6.07, 6.45) is 0. The predicted octanol–water partition coefficient (Wildman–Crippen LogP) is 4.43. The van der Waals surface area contributed by atoms with Crippen LogP contribution in [0.3, 0.4) is 0 Å².